The van der Waals surface area contributed by atoms with Gasteiger partial charge in [-0.3, -0.25) is 0 Å². The first kappa shape index (κ1) is 14.6. The molecule has 0 saturated carbocycles. The summed E-state index contributed by atoms with van der Waals surface area (Å²) >= 11 is 1.86. The molecular formula is C16H23N3OS. The molecule has 5 heteroatoms. The normalized spacial score (nSPS) is 18.3. The number of rotatable bonds is 5. The third kappa shape index (κ3) is 3.14. The van der Waals surface area contributed by atoms with Crippen molar-refractivity contribution in [2.75, 3.05) is 18.0 Å². The van der Waals surface area contributed by atoms with Gasteiger partial charge in [0.05, 0.1) is 11.7 Å². The Labute approximate surface area is 130 Å². The minimum atomic E-state index is 0.343. The first-order chi connectivity index (χ1) is 10.1. The summed E-state index contributed by atoms with van der Waals surface area (Å²) in [6, 6.07) is 3.32. The van der Waals surface area contributed by atoms with Gasteiger partial charge in [0.15, 0.2) is 0 Å². The summed E-state index contributed by atoms with van der Waals surface area (Å²) in [7, 11) is 0. The van der Waals surface area contributed by atoms with E-state index >= 15 is 0 Å². The molecule has 0 fully saturated rings. The van der Waals surface area contributed by atoms with E-state index in [1.54, 1.807) is 6.26 Å². The predicted molar refractivity (Wildman–Crippen MR) is 86.8 cm³/mol. The zero-order valence-electron chi connectivity index (χ0n) is 12.9. The lowest BCUT2D eigenvalue weighted by atomic mass is 10.0. The number of nitrogens with one attached hydrogen (secondary N) is 1. The van der Waals surface area contributed by atoms with E-state index in [4.69, 9.17) is 4.42 Å². The van der Waals surface area contributed by atoms with Crippen LogP contribution >= 0.6 is 11.3 Å². The molecule has 0 spiro atoms. The van der Waals surface area contributed by atoms with Crippen molar-refractivity contribution in [3.63, 3.8) is 0 Å². The van der Waals surface area contributed by atoms with Crippen LogP contribution in [0.5, 0.6) is 0 Å². The summed E-state index contributed by atoms with van der Waals surface area (Å²) < 4.78 is 5.70. The SMILES string of the molecule is CC(C)CNCc1coc(N2CCc3sccc3C2C)n1. The summed E-state index contributed by atoms with van der Waals surface area (Å²) in [5.74, 6) is 0.649. The van der Waals surface area contributed by atoms with E-state index < -0.39 is 0 Å². The van der Waals surface area contributed by atoms with Crippen LogP contribution in [0.3, 0.4) is 0 Å². The molecule has 2 aromatic heterocycles. The molecule has 21 heavy (non-hydrogen) atoms. The van der Waals surface area contributed by atoms with Crippen LogP contribution in [-0.2, 0) is 13.0 Å². The predicted octanol–water partition coefficient (Wildman–Crippen LogP) is 3.61. The summed E-state index contributed by atoms with van der Waals surface area (Å²) in [6.07, 6.45) is 2.86. The van der Waals surface area contributed by atoms with E-state index in [-0.39, 0.29) is 0 Å². The maximum atomic E-state index is 5.70. The number of thiophene rings is 1. The average Bonchev–Trinajstić information content (AvgIpc) is 3.08. The van der Waals surface area contributed by atoms with Crippen LogP contribution in [0.1, 0.15) is 42.9 Å². The van der Waals surface area contributed by atoms with Crippen molar-refractivity contribution in [1.82, 2.24) is 10.3 Å². The lowest BCUT2D eigenvalue weighted by molar-refractivity contribution is 0.497. The highest BCUT2D eigenvalue weighted by Gasteiger charge is 2.27. The molecule has 0 aliphatic carbocycles. The Hall–Kier alpha value is -1.33. The first-order valence-corrected chi connectivity index (χ1v) is 8.51. The second kappa shape index (κ2) is 6.20. The molecule has 3 rings (SSSR count). The minimum Gasteiger partial charge on any atom is -0.432 e. The number of nitrogens with zero attached hydrogens (tertiary/aromatic N) is 2. The van der Waals surface area contributed by atoms with Gasteiger partial charge in [0.2, 0.25) is 0 Å². The fraction of sp³-hybridized carbons (Fsp3) is 0.562. The van der Waals surface area contributed by atoms with Gasteiger partial charge in [-0.2, -0.15) is 4.98 Å². The van der Waals surface area contributed by atoms with Crippen LogP contribution < -0.4 is 10.2 Å². The molecule has 1 unspecified atom stereocenters. The number of fused-ring (bicyclic) bond motifs is 1. The third-order valence-electron chi connectivity index (χ3n) is 3.92. The van der Waals surface area contributed by atoms with E-state index in [2.05, 4.69) is 47.4 Å². The zero-order chi connectivity index (χ0) is 14.8. The Balaban J connectivity index is 1.67. The van der Waals surface area contributed by atoms with Crippen molar-refractivity contribution < 1.29 is 4.42 Å². The Morgan fingerprint density at radius 1 is 1.52 bits per heavy atom. The second-order valence-corrected chi connectivity index (χ2v) is 7.07. The van der Waals surface area contributed by atoms with Crippen molar-refractivity contribution in [2.24, 2.45) is 5.92 Å². The highest BCUT2D eigenvalue weighted by atomic mass is 32.1. The Morgan fingerprint density at radius 2 is 2.38 bits per heavy atom. The molecule has 1 aliphatic heterocycles. The van der Waals surface area contributed by atoms with Crippen LogP contribution in [0.25, 0.3) is 0 Å². The molecular weight excluding hydrogens is 282 g/mol. The van der Waals surface area contributed by atoms with E-state index in [9.17, 15) is 0 Å². The van der Waals surface area contributed by atoms with Crippen molar-refractivity contribution in [3.8, 4) is 0 Å². The second-order valence-electron chi connectivity index (χ2n) is 6.06. The number of oxazole rings is 1. The Morgan fingerprint density at radius 3 is 3.19 bits per heavy atom. The Bertz CT molecular complexity index is 590. The number of hydrogen-bond donors (Lipinski definition) is 1. The van der Waals surface area contributed by atoms with Gasteiger partial charge in [0.1, 0.15) is 6.26 Å². The minimum absolute atomic E-state index is 0.343. The van der Waals surface area contributed by atoms with Crippen LogP contribution in [-0.4, -0.2) is 18.1 Å². The van der Waals surface area contributed by atoms with Gasteiger partial charge in [-0.1, -0.05) is 13.8 Å². The monoisotopic (exact) mass is 305 g/mol. The highest BCUT2D eigenvalue weighted by molar-refractivity contribution is 7.10. The molecule has 4 nitrogen and oxygen atoms in total. The molecule has 3 heterocycles. The topological polar surface area (TPSA) is 41.3 Å². The lowest BCUT2D eigenvalue weighted by Gasteiger charge is -2.32. The highest BCUT2D eigenvalue weighted by Crippen LogP contribution is 2.35. The molecule has 0 amide bonds. The molecule has 0 saturated heterocycles. The van der Waals surface area contributed by atoms with Crippen LogP contribution in [0, 0.1) is 5.92 Å². The maximum absolute atomic E-state index is 5.70. The summed E-state index contributed by atoms with van der Waals surface area (Å²) in [5.41, 5.74) is 2.40. The van der Waals surface area contributed by atoms with E-state index in [0.29, 0.717) is 12.0 Å². The summed E-state index contributed by atoms with van der Waals surface area (Å²) in [5, 5.41) is 5.58. The van der Waals surface area contributed by atoms with Crippen LogP contribution in [0.4, 0.5) is 6.01 Å². The standard InChI is InChI=1S/C16H23N3OS/c1-11(2)8-17-9-13-10-20-16(18-13)19-6-4-15-14(12(19)3)5-7-21-15/h5,7,10-12,17H,4,6,8-9H2,1-3H3. The number of aromatic nitrogens is 1. The molecule has 0 radical (unpaired) electrons. The van der Waals surface area contributed by atoms with Crippen molar-refractivity contribution in [2.45, 2.75) is 39.8 Å². The van der Waals surface area contributed by atoms with Crippen LogP contribution in [0.2, 0.25) is 0 Å². The van der Waals surface area contributed by atoms with Gasteiger partial charge in [-0.25, -0.2) is 0 Å². The molecule has 0 bridgehead atoms. The molecule has 1 aliphatic rings. The van der Waals surface area contributed by atoms with E-state index in [0.717, 1.165) is 37.8 Å². The number of anilines is 1. The van der Waals surface area contributed by atoms with E-state index in [1.165, 1.54) is 10.4 Å². The molecule has 0 aromatic carbocycles. The third-order valence-corrected chi connectivity index (χ3v) is 4.92. The van der Waals surface area contributed by atoms with Gasteiger partial charge in [-0.05, 0) is 42.8 Å². The lowest BCUT2D eigenvalue weighted by Crippen LogP contribution is -2.33. The molecule has 2 aromatic rings. The zero-order valence-corrected chi connectivity index (χ0v) is 13.7. The first-order valence-electron chi connectivity index (χ1n) is 7.63. The largest absolute Gasteiger partial charge is 0.432 e. The molecule has 1 atom stereocenters. The van der Waals surface area contributed by atoms with Crippen LogP contribution in [0.15, 0.2) is 22.1 Å². The van der Waals surface area contributed by atoms with Gasteiger partial charge < -0.3 is 14.6 Å². The van der Waals surface area contributed by atoms with Crippen molar-refractivity contribution in [3.05, 3.63) is 33.8 Å². The average molecular weight is 305 g/mol. The van der Waals surface area contributed by atoms with Crippen molar-refractivity contribution >= 4 is 17.4 Å². The summed E-state index contributed by atoms with van der Waals surface area (Å²) in [6.45, 7) is 9.39. The van der Waals surface area contributed by atoms with Crippen molar-refractivity contribution in [1.29, 1.82) is 0 Å². The smallest absolute Gasteiger partial charge is 0.297 e. The fourth-order valence-electron chi connectivity index (χ4n) is 2.77. The summed E-state index contributed by atoms with van der Waals surface area (Å²) in [4.78, 5) is 8.41. The van der Waals surface area contributed by atoms with E-state index in [1.807, 2.05) is 11.3 Å². The Kier molecular flexibility index (Phi) is 4.31. The van der Waals surface area contributed by atoms with Gasteiger partial charge in [0.25, 0.3) is 6.01 Å². The maximum Gasteiger partial charge on any atom is 0.297 e. The van der Waals surface area contributed by atoms with Gasteiger partial charge in [-0.15, -0.1) is 11.3 Å². The van der Waals surface area contributed by atoms with Gasteiger partial charge >= 0.3 is 0 Å². The molecule has 1 N–H and O–H groups in total. The quantitative estimate of drug-likeness (QED) is 0.916. The fourth-order valence-corrected chi connectivity index (χ4v) is 3.73. The van der Waals surface area contributed by atoms with Gasteiger partial charge in [0, 0.05) is 18.0 Å². The number of hydrogen-bond acceptors (Lipinski definition) is 5. The molecule has 114 valence electrons.